The van der Waals surface area contributed by atoms with Crippen LogP contribution in [0.25, 0.3) is 87.6 Å². The fourth-order valence-electron chi connectivity index (χ4n) is 7.18. The van der Waals surface area contributed by atoms with E-state index in [0.29, 0.717) is 0 Å². The third kappa shape index (κ3) is 4.19. The standard InChI is InChI=1S/C44H28N2/c1-2-12-33-31(10-1)27-46-28-42(33)29-19-21-30(22-20-29)43-37-15-5-7-17-39(37)44(40-18-8-6-16-38(40)43)41-24-23-34(32-11-9-25-45-26-32)35-13-3-4-14-36(35)41/h1-28H. The highest BCUT2D eigenvalue weighted by Gasteiger charge is 2.19. The van der Waals surface area contributed by atoms with Crippen molar-refractivity contribution < 1.29 is 0 Å². The average Bonchev–Trinajstić information content (AvgIpc) is 3.14. The number of pyridine rings is 2. The molecule has 0 spiro atoms. The van der Waals surface area contributed by atoms with E-state index >= 15 is 0 Å². The third-order valence-corrected chi connectivity index (χ3v) is 9.25. The highest BCUT2D eigenvalue weighted by Crippen LogP contribution is 2.46. The number of hydrogen-bond donors (Lipinski definition) is 0. The number of fused-ring (bicyclic) bond motifs is 4. The molecule has 2 nitrogen and oxygen atoms in total. The van der Waals surface area contributed by atoms with Gasteiger partial charge in [0.25, 0.3) is 0 Å². The second-order valence-corrected chi connectivity index (χ2v) is 11.8. The van der Waals surface area contributed by atoms with Gasteiger partial charge in [0.15, 0.2) is 0 Å². The molecule has 0 atom stereocenters. The Hall–Kier alpha value is -6.12. The molecule has 0 saturated carbocycles. The Kier molecular flexibility index (Phi) is 6.17. The van der Waals surface area contributed by atoms with Crippen LogP contribution in [0.2, 0.25) is 0 Å². The Morgan fingerprint density at radius 3 is 1.48 bits per heavy atom. The summed E-state index contributed by atoms with van der Waals surface area (Å²) in [4.78, 5) is 8.93. The molecule has 9 rings (SSSR count). The Bertz CT molecular complexity index is 2500. The Labute approximate surface area is 267 Å². The molecule has 0 fully saturated rings. The molecule has 7 aromatic carbocycles. The van der Waals surface area contributed by atoms with Gasteiger partial charge in [-0.25, -0.2) is 0 Å². The van der Waals surface area contributed by atoms with Crippen LogP contribution in [0.4, 0.5) is 0 Å². The number of hydrogen-bond acceptors (Lipinski definition) is 2. The quantitative estimate of drug-likeness (QED) is 0.192. The van der Waals surface area contributed by atoms with Gasteiger partial charge in [-0.2, -0.15) is 0 Å². The molecule has 0 aliphatic carbocycles. The first-order chi connectivity index (χ1) is 22.8. The second kappa shape index (κ2) is 10.8. The van der Waals surface area contributed by atoms with E-state index in [1.807, 2.05) is 30.9 Å². The number of nitrogens with zero attached hydrogens (tertiary/aromatic N) is 2. The Morgan fingerprint density at radius 2 is 0.826 bits per heavy atom. The lowest BCUT2D eigenvalue weighted by molar-refractivity contribution is 1.33. The molecule has 2 heteroatoms. The molecule has 0 bridgehead atoms. The lowest BCUT2D eigenvalue weighted by atomic mass is 9.83. The summed E-state index contributed by atoms with van der Waals surface area (Å²) in [7, 11) is 0. The van der Waals surface area contributed by atoms with Crippen molar-refractivity contribution in [1.29, 1.82) is 0 Å². The molecule has 2 heterocycles. The maximum absolute atomic E-state index is 4.53. The van der Waals surface area contributed by atoms with Crippen molar-refractivity contribution in [3.05, 3.63) is 170 Å². The van der Waals surface area contributed by atoms with E-state index in [1.54, 1.807) is 0 Å². The predicted octanol–water partition coefficient (Wildman–Crippen LogP) is 11.8. The Balaban J connectivity index is 1.28. The minimum Gasteiger partial charge on any atom is -0.264 e. The molecule has 0 radical (unpaired) electrons. The van der Waals surface area contributed by atoms with Gasteiger partial charge >= 0.3 is 0 Å². The van der Waals surface area contributed by atoms with Gasteiger partial charge in [-0.3, -0.25) is 9.97 Å². The maximum atomic E-state index is 4.53. The van der Waals surface area contributed by atoms with Gasteiger partial charge in [0.05, 0.1) is 0 Å². The smallest absolute Gasteiger partial charge is 0.0352 e. The van der Waals surface area contributed by atoms with Gasteiger partial charge in [-0.15, -0.1) is 0 Å². The van der Waals surface area contributed by atoms with E-state index in [4.69, 9.17) is 0 Å². The number of aromatic nitrogens is 2. The zero-order chi connectivity index (χ0) is 30.5. The van der Waals surface area contributed by atoms with Crippen LogP contribution in [-0.2, 0) is 0 Å². The summed E-state index contributed by atoms with van der Waals surface area (Å²) in [5.41, 5.74) is 9.59. The third-order valence-electron chi connectivity index (χ3n) is 9.25. The highest BCUT2D eigenvalue weighted by molar-refractivity contribution is 6.24. The van der Waals surface area contributed by atoms with Gasteiger partial charge in [-0.1, -0.05) is 140 Å². The molecule has 2 aromatic heterocycles. The van der Waals surface area contributed by atoms with Gasteiger partial charge in [0.1, 0.15) is 0 Å². The maximum Gasteiger partial charge on any atom is 0.0352 e. The molecule has 214 valence electrons. The summed E-state index contributed by atoms with van der Waals surface area (Å²) in [6, 6.07) is 52.6. The molecular formula is C44H28N2. The van der Waals surface area contributed by atoms with E-state index in [-0.39, 0.29) is 0 Å². The summed E-state index contributed by atoms with van der Waals surface area (Å²) in [5, 5.41) is 9.82. The van der Waals surface area contributed by atoms with Crippen LogP contribution < -0.4 is 0 Å². The molecule has 0 amide bonds. The van der Waals surface area contributed by atoms with Crippen LogP contribution in [0, 0.1) is 0 Å². The van der Waals surface area contributed by atoms with Gasteiger partial charge in [-0.05, 0) is 77.2 Å². The van der Waals surface area contributed by atoms with Crippen molar-refractivity contribution in [3.63, 3.8) is 0 Å². The van der Waals surface area contributed by atoms with Gasteiger partial charge in [0, 0.05) is 41.3 Å². The largest absolute Gasteiger partial charge is 0.264 e. The van der Waals surface area contributed by atoms with Crippen molar-refractivity contribution in [2.45, 2.75) is 0 Å². The monoisotopic (exact) mass is 584 g/mol. The summed E-state index contributed by atoms with van der Waals surface area (Å²) >= 11 is 0. The van der Waals surface area contributed by atoms with Gasteiger partial charge in [0.2, 0.25) is 0 Å². The zero-order valence-electron chi connectivity index (χ0n) is 25.1. The fraction of sp³-hybridized carbons (Fsp3) is 0. The van der Waals surface area contributed by atoms with Crippen molar-refractivity contribution in [3.8, 4) is 44.5 Å². The molecule has 0 saturated heterocycles. The SMILES string of the molecule is c1cncc(-c2ccc(-c3c4ccccc4c(-c4ccc(-c5cncc6ccccc56)cc4)c4ccccc34)c3ccccc23)c1. The minimum absolute atomic E-state index is 1.12. The van der Waals surface area contributed by atoms with Crippen molar-refractivity contribution >= 4 is 43.1 Å². The van der Waals surface area contributed by atoms with E-state index in [0.717, 1.165) is 16.5 Å². The minimum atomic E-state index is 1.12. The Morgan fingerprint density at radius 1 is 0.283 bits per heavy atom. The number of rotatable bonds is 4. The van der Waals surface area contributed by atoms with Crippen LogP contribution in [0.15, 0.2) is 170 Å². The predicted molar refractivity (Wildman–Crippen MR) is 194 cm³/mol. The van der Waals surface area contributed by atoms with E-state index in [2.05, 4.69) is 149 Å². The fourth-order valence-corrected chi connectivity index (χ4v) is 7.18. The lowest BCUT2D eigenvalue weighted by Crippen LogP contribution is -1.92. The van der Waals surface area contributed by atoms with E-state index in [9.17, 15) is 0 Å². The molecule has 0 aliphatic heterocycles. The van der Waals surface area contributed by atoms with Crippen LogP contribution in [0.5, 0.6) is 0 Å². The highest BCUT2D eigenvalue weighted by atomic mass is 14.6. The van der Waals surface area contributed by atoms with Crippen LogP contribution in [-0.4, -0.2) is 9.97 Å². The molecule has 0 unspecified atom stereocenters. The van der Waals surface area contributed by atoms with Crippen molar-refractivity contribution in [2.75, 3.05) is 0 Å². The summed E-state index contributed by atoms with van der Waals surface area (Å²) < 4.78 is 0. The molecular weight excluding hydrogens is 556 g/mol. The molecule has 46 heavy (non-hydrogen) atoms. The zero-order valence-corrected chi connectivity index (χ0v) is 25.1. The summed E-state index contributed by atoms with van der Waals surface area (Å²) in [6.45, 7) is 0. The normalized spacial score (nSPS) is 11.5. The molecule has 0 aliphatic rings. The first-order valence-electron chi connectivity index (χ1n) is 15.6. The lowest BCUT2D eigenvalue weighted by Gasteiger charge is -2.20. The van der Waals surface area contributed by atoms with Crippen LogP contribution in [0.3, 0.4) is 0 Å². The number of benzene rings is 7. The summed E-state index contributed by atoms with van der Waals surface area (Å²) in [5.74, 6) is 0. The first kappa shape index (κ1) is 26.3. The topological polar surface area (TPSA) is 25.8 Å². The second-order valence-electron chi connectivity index (χ2n) is 11.8. The molecule has 9 aromatic rings. The van der Waals surface area contributed by atoms with Crippen LogP contribution in [0.1, 0.15) is 0 Å². The van der Waals surface area contributed by atoms with Gasteiger partial charge < -0.3 is 0 Å². The van der Waals surface area contributed by atoms with Crippen molar-refractivity contribution in [1.82, 2.24) is 9.97 Å². The summed E-state index contributed by atoms with van der Waals surface area (Å²) in [6.07, 6.45) is 7.68. The van der Waals surface area contributed by atoms with Crippen molar-refractivity contribution in [2.24, 2.45) is 0 Å². The first-order valence-corrected chi connectivity index (χ1v) is 15.6. The average molecular weight is 585 g/mol. The van der Waals surface area contributed by atoms with E-state index < -0.39 is 0 Å². The van der Waals surface area contributed by atoms with Crippen LogP contribution >= 0.6 is 0 Å². The molecule has 0 N–H and O–H groups in total. The van der Waals surface area contributed by atoms with E-state index in [1.165, 1.54) is 71.1 Å².